The molecule has 120 valence electrons. The third kappa shape index (κ3) is 4.44. The lowest BCUT2D eigenvalue weighted by Crippen LogP contribution is -2.30. The Morgan fingerprint density at radius 2 is 1.43 bits per heavy atom. The minimum absolute atomic E-state index is 0.203. The van der Waals surface area contributed by atoms with Gasteiger partial charge in [-0.1, -0.05) is 73.5 Å². The minimum Gasteiger partial charge on any atom is -0.355 e. The normalized spacial score (nSPS) is 15.0. The van der Waals surface area contributed by atoms with Crippen molar-refractivity contribution in [3.63, 3.8) is 0 Å². The number of nitrogens with one attached hydrogen (secondary N) is 1. The summed E-state index contributed by atoms with van der Waals surface area (Å²) >= 11 is 0. The van der Waals surface area contributed by atoms with Gasteiger partial charge in [-0.2, -0.15) is 0 Å². The van der Waals surface area contributed by atoms with Crippen LogP contribution in [0.2, 0.25) is 0 Å². The fourth-order valence-corrected chi connectivity index (χ4v) is 3.56. The molecule has 2 nitrogen and oxygen atoms in total. The summed E-state index contributed by atoms with van der Waals surface area (Å²) in [5.41, 5.74) is 2.50. The van der Waals surface area contributed by atoms with Crippen LogP contribution < -0.4 is 5.32 Å². The first-order valence-corrected chi connectivity index (χ1v) is 8.69. The highest BCUT2D eigenvalue weighted by Gasteiger charge is 2.20. The van der Waals surface area contributed by atoms with Crippen molar-refractivity contribution in [1.82, 2.24) is 5.32 Å². The third-order valence-corrected chi connectivity index (χ3v) is 4.86. The molecule has 1 N–H and O–H groups in total. The van der Waals surface area contributed by atoms with E-state index in [0.717, 1.165) is 0 Å². The van der Waals surface area contributed by atoms with Crippen molar-refractivity contribution in [3.05, 3.63) is 71.8 Å². The van der Waals surface area contributed by atoms with E-state index in [9.17, 15) is 4.79 Å². The van der Waals surface area contributed by atoms with Crippen LogP contribution in [0.15, 0.2) is 60.7 Å². The Morgan fingerprint density at radius 1 is 0.913 bits per heavy atom. The van der Waals surface area contributed by atoms with Gasteiger partial charge in [0.25, 0.3) is 0 Å². The van der Waals surface area contributed by atoms with Gasteiger partial charge in [-0.25, -0.2) is 0 Å². The van der Waals surface area contributed by atoms with E-state index in [4.69, 9.17) is 0 Å². The predicted molar refractivity (Wildman–Crippen MR) is 94.3 cm³/mol. The Bertz CT molecular complexity index is 563. The van der Waals surface area contributed by atoms with Gasteiger partial charge in [0.2, 0.25) is 5.91 Å². The number of hydrogen-bond acceptors (Lipinski definition) is 1. The van der Waals surface area contributed by atoms with Crippen molar-refractivity contribution >= 4 is 5.91 Å². The highest BCUT2D eigenvalue weighted by Crippen LogP contribution is 2.28. The highest BCUT2D eigenvalue weighted by molar-refractivity contribution is 5.76. The van der Waals surface area contributed by atoms with Crippen LogP contribution in [0.3, 0.4) is 0 Å². The minimum atomic E-state index is 0.203. The van der Waals surface area contributed by atoms with E-state index in [-0.39, 0.29) is 11.8 Å². The van der Waals surface area contributed by atoms with Gasteiger partial charge in [-0.05, 0) is 29.9 Å². The standard InChI is InChI=1S/C21H25NO/c23-21(15-17-9-7-8-10-17)22-16-20(18-11-3-1-4-12-18)19-13-5-2-6-14-19/h1-6,11-14,17,20H,7-10,15-16H2,(H,22,23). The number of hydrogen-bond donors (Lipinski definition) is 1. The molecule has 0 radical (unpaired) electrons. The Balaban J connectivity index is 1.65. The number of benzene rings is 2. The van der Waals surface area contributed by atoms with Crippen molar-refractivity contribution in [2.45, 2.75) is 38.0 Å². The smallest absolute Gasteiger partial charge is 0.220 e. The molecule has 2 heteroatoms. The maximum atomic E-state index is 12.3. The van der Waals surface area contributed by atoms with Crippen molar-refractivity contribution < 1.29 is 4.79 Å². The molecule has 0 aliphatic heterocycles. The lowest BCUT2D eigenvalue weighted by Gasteiger charge is -2.19. The first-order valence-electron chi connectivity index (χ1n) is 8.69. The molecule has 0 unspecified atom stereocenters. The van der Waals surface area contributed by atoms with Crippen LogP contribution in [0.5, 0.6) is 0 Å². The fourth-order valence-electron chi connectivity index (χ4n) is 3.56. The molecule has 0 atom stereocenters. The van der Waals surface area contributed by atoms with Crippen LogP contribution in [0.4, 0.5) is 0 Å². The molecule has 1 saturated carbocycles. The highest BCUT2D eigenvalue weighted by atomic mass is 16.1. The maximum Gasteiger partial charge on any atom is 0.220 e. The monoisotopic (exact) mass is 307 g/mol. The fraction of sp³-hybridized carbons (Fsp3) is 0.381. The van der Waals surface area contributed by atoms with Gasteiger partial charge >= 0.3 is 0 Å². The van der Waals surface area contributed by atoms with E-state index in [2.05, 4.69) is 53.8 Å². The molecule has 2 aromatic carbocycles. The molecule has 0 aromatic heterocycles. The van der Waals surface area contributed by atoms with Gasteiger partial charge < -0.3 is 5.32 Å². The zero-order valence-corrected chi connectivity index (χ0v) is 13.6. The predicted octanol–water partition coefficient (Wildman–Crippen LogP) is 4.52. The number of carbonyl (C=O) groups excluding carboxylic acids is 1. The summed E-state index contributed by atoms with van der Waals surface area (Å²) in [4.78, 5) is 12.3. The Labute approximate surface area is 138 Å². The Kier molecular flexibility index (Phi) is 5.46. The molecular weight excluding hydrogens is 282 g/mol. The second-order valence-electron chi connectivity index (χ2n) is 6.53. The molecule has 3 rings (SSSR count). The molecule has 1 amide bonds. The number of amides is 1. The second kappa shape index (κ2) is 7.96. The van der Waals surface area contributed by atoms with Crippen LogP contribution in [-0.2, 0) is 4.79 Å². The zero-order valence-electron chi connectivity index (χ0n) is 13.6. The first kappa shape index (κ1) is 15.8. The van der Waals surface area contributed by atoms with Gasteiger partial charge in [-0.3, -0.25) is 4.79 Å². The second-order valence-corrected chi connectivity index (χ2v) is 6.53. The number of carbonyl (C=O) groups is 1. The topological polar surface area (TPSA) is 29.1 Å². The van der Waals surface area contributed by atoms with Crippen LogP contribution in [0, 0.1) is 5.92 Å². The summed E-state index contributed by atoms with van der Waals surface area (Å²) in [6.45, 7) is 0.666. The summed E-state index contributed by atoms with van der Waals surface area (Å²) in [7, 11) is 0. The third-order valence-electron chi connectivity index (χ3n) is 4.86. The Hall–Kier alpha value is -2.09. The van der Waals surface area contributed by atoms with Crippen molar-refractivity contribution in [3.8, 4) is 0 Å². The lowest BCUT2D eigenvalue weighted by molar-refractivity contribution is -0.122. The van der Waals surface area contributed by atoms with Gasteiger partial charge in [-0.15, -0.1) is 0 Å². The summed E-state index contributed by atoms with van der Waals surface area (Å²) in [6.07, 6.45) is 5.70. The van der Waals surface area contributed by atoms with Gasteiger partial charge in [0, 0.05) is 18.9 Å². The van der Waals surface area contributed by atoms with Crippen LogP contribution in [-0.4, -0.2) is 12.5 Å². The van der Waals surface area contributed by atoms with Crippen LogP contribution in [0.25, 0.3) is 0 Å². The summed E-state index contributed by atoms with van der Waals surface area (Å²) < 4.78 is 0. The average Bonchev–Trinajstić information content (AvgIpc) is 3.10. The molecule has 1 fully saturated rings. The van der Waals surface area contributed by atoms with Crippen LogP contribution in [0.1, 0.15) is 49.1 Å². The van der Waals surface area contributed by atoms with E-state index in [1.807, 2.05) is 12.1 Å². The quantitative estimate of drug-likeness (QED) is 0.835. The molecule has 1 aliphatic rings. The molecular formula is C21H25NO. The maximum absolute atomic E-state index is 12.3. The molecule has 0 bridgehead atoms. The molecule has 1 aliphatic carbocycles. The van der Waals surface area contributed by atoms with Crippen molar-refractivity contribution in [1.29, 1.82) is 0 Å². The molecule has 23 heavy (non-hydrogen) atoms. The van der Waals surface area contributed by atoms with E-state index < -0.39 is 0 Å². The van der Waals surface area contributed by atoms with Crippen LogP contribution >= 0.6 is 0 Å². The largest absolute Gasteiger partial charge is 0.355 e. The molecule has 0 spiro atoms. The Morgan fingerprint density at radius 3 is 1.96 bits per heavy atom. The number of rotatable bonds is 6. The summed E-state index contributed by atoms with van der Waals surface area (Å²) in [6, 6.07) is 20.9. The average molecular weight is 307 g/mol. The lowest BCUT2D eigenvalue weighted by atomic mass is 9.91. The summed E-state index contributed by atoms with van der Waals surface area (Å²) in [5, 5.41) is 3.17. The first-order chi connectivity index (χ1) is 11.3. The summed E-state index contributed by atoms with van der Waals surface area (Å²) in [5.74, 6) is 1.01. The van der Waals surface area contributed by atoms with E-state index >= 15 is 0 Å². The molecule has 0 heterocycles. The SMILES string of the molecule is O=C(CC1CCCC1)NCC(c1ccccc1)c1ccccc1. The van der Waals surface area contributed by atoms with Crippen molar-refractivity contribution in [2.75, 3.05) is 6.54 Å². The molecule has 2 aromatic rings. The van der Waals surface area contributed by atoms with Crippen molar-refractivity contribution in [2.24, 2.45) is 5.92 Å². The van der Waals surface area contributed by atoms with Gasteiger partial charge in [0.1, 0.15) is 0 Å². The van der Waals surface area contributed by atoms with Gasteiger partial charge in [0.15, 0.2) is 0 Å². The zero-order chi connectivity index (χ0) is 15.9. The van der Waals surface area contributed by atoms with E-state index in [1.54, 1.807) is 0 Å². The van der Waals surface area contributed by atoms with Gasteiger partial charge in [0.05, 0.1) is 0 Å². The van der Waals surface area contributed by atoms with E-state index in [0.29, 0.717) is 18.9 Å². The molecule has 0 saturated heterocycles. The van der Waals surface area contributed by atoms with E-state index in [1.165, 1.54) is 36.8 Å².